The van der Waals surface area contributed by atoms with Gasteiger partial charge in [-0.1, -0.05) is 0 Å². The Hall–Kier alpha value is -0.830. The number of ether oxygens (including phenoxy) is 1. The van der Waals surface area contributed by atoms with Crippen LogP contribution in [0.2, 0.25) is 0 Å². The first-order valence-electron chi connectivity index (χ1n) is 4.64. The second kappa shape index (κ2) is 4.79. The van der Waals surface area contributed by atoms with E-state index in [2.05, 4.69) is 4.74 Å². The lowest BCUT2D eigenvalue weighted by Gasteiger charge is -2.20. The number of nitriles is 1. The zero-order valence-electron chi connectivity index (χ0n) is 7.93. The van der Waals surface area contributed by atoms with E-state index in [9.17, 15) is 17.6 Å². The third kappa shape index (κ3) is 3.06. The Morgan fingerprint density at radius 3 is 2.60 bits per heavy atom. The number of nitrogens with zero attached hydrogens (tertiary/aromatic N) is 1. The molecule has 0 amide bonds. The highest BCUT2D eigenvalue weighted by Crippen LogP contribution is 2.30. The van der Waals surface area contributed by atoms with Gasteiger partial charge in [0, 0.05) is 0 Å². The maximum atomic E-state index is 12.5. The standard InChI is InChI=1S/C9H11F4NO/c10-8(11)9(12,13)5-15-7-3-1-2-6(7)4-14/h6-8H,1-3,5H2. The van der Waals surface area contributed by atoms with Crippen LogP contribution in [0, 0.1) is 17.2 Å². The van der Waals surface area contributed by atoms with Crippen LogP contribution in [0.5, 0.6) is 0 Å². The molecule has 2 nitrogen and oxygen atoms in total. The number of rotatable bonds is 4. The van der Waals surface area contributed by atoms with Crippen molar-refractivity contribution >= 4 is 0 Å². The summed E-state index contributed by atoms with van der Waals surface area (Å²) in [7, 11) is 0. The predicted octanol–water partition coefficient (Wildman–Crippen LogP) is 2.60. The Morgan fingerprint density at radius 2 is 2.07 bits per heavy atom. The average Bonchev–Trinajstić information content (AvgIpc) is 2.61. The minimum Gasteiger partial charge on any atom is -0.370 e. The highest BCUT2D eigenvalue weighted by molar-refractivity contribution is 4.93. The van der Waals surface area contributed by atoms with Crippen molar-refractivity contribution in [3.05, 3.63) is 0 Å². The van der Waals surface area contributed by atoms with E-state index < -0.39 is 31.0 Å². The van der Waals surface area contributed by atoms with Gasteiger partial charge in [-0.05, 0) is 19.3 Å². The molecular formula is C9H11F4NO. The topological polar surface area (TPSA) is 33.0 Å². The molecule has 0 heterocycles. The largest absolute Gasteiger partial charge is 0.370 e. The average molecular weight is 225 g/mol. The molecule has 1 saturated carbocycles. The van der Waals surface area contributed by atoms with Crippen LogP contribution in [0.15, 0.2) is 0 Å². The highest BCUT2D eigenvalue weighted by Gasteiger charge is 2.42. The van der Waals surface area contributed by atoms with E-state index in [0.29, 0.717) is 19.3 Å². The molecule has 0 bridgehead atoms. The van der Waals surface area contributed by atoms with E-state index in [1.807, 2.05) is 6.07 Å². The molecule has 6 heteroatoms. The highest BCUT2D eigenvalue weighted by atomic mass is 19.3. The van der Waals surface area contributed by atoms with E-state index in [-0.39, 0.29) is 0 Å². The molecule has 2 unspecified atom stereocenters. The van der Waals surface area contributed by atoms with Gasteiger partial charge in [-0.2, -0.15) is 14.0 Å². The molecule has 0 radical (unpaired) electrons. The first-order chi connectivity index (χ1) is 6.97. The summed E-state index contributed by atoms with van der Waals surface area (Å²) in [6, 6.07) is 1.92. The maximum absolute atomic E-state index is 12.5. The molecule has 0 N–H and O–H groups in total. The van der Waals surface area contributed by atoms with Crippen molar-refractivity contribution in [1.29, 1.82) is 5.26 Å². The Bertz CT molecular complexity index is 251. The van der Waals surface area contributed by atoms with E-state index >= 15 is 0 Å². The minimum absolute atomic E-state index is 0.446. The van der Waals surface area contributed by atoms with Gasteiger partial charge in [0.1, 0.15) is 6.61 Å². The van der Waals surface area contributed by atoms with Crippen molar-refractivity contribution in [2.75, 3.05) is 6.61 Å². The molecule has 0 aliphatic heterocycles. The second-order valence-corrected chi connectivity index (χ2v) is 3.58. The smallest absolute Gasteiger partial charge is 0.330 e. The monoisotopic (exact) mass is 225 g/mol. The molecule has 1 aliphatic carbocycles. The van der Waals surface area contributed by atoms with Crippen LogP contribution in [0.4, 0.5) is 17.6 Å². The van der Waals surface area contributed by atoms with Gasteiger partial charge in [0.2, 0.25) is 0 Å². The van der Waals surface area contributed by atoms with E-state index in [4.69, 9.17) is 5.26 Å². The summed E-state index contributed by atoms with van der Waals surface area (Å²) in [5, 5.41) is 8.61. The van der Waals surface area contributed by atoms with Crippen molar-refractivity contribution in [3.8, 4) is 6.07 Å². The molecule has 15 heavy (non-hydrogen) atoms. The fourth-order valence-corrected chi connectivity index (χ4v) is 1.55. The maximum Gasteiger partial charge on any atom is 0.330 e. The molecule has 0 spiro atoms. The van der Waals surface area contributed by atoms with Crippen molar-refractivity contribution in [2.24, 2.45) is 5.92 Å². The van der Waals surface area contributed by atoms with Crippen molar-refractivity contribution in [2.45, 2.75) is 37.7 Å². The lowest BCUT2D eigenvalue weighted by Crippen LogP contribution is -2.35. The Kier molecular flexibility index (Phi) is 3.91. The number of alkyl halides is 4. The van der Waals surface area contributed by atoms with Crippen LogP contribution in [-0.2, 0) is 4.74 Å². The lowest BCUT2D eigenvalue weighted by molar-refractivity contribution is -0.177. The quantitative estimate of drug-likeness (QED) is 0.689. The van der Waals surface area contributed by atoms with Gasteiger partial charge < -0.3 is 4.74 Å². The molecule has 1 fully saturated rings. The zero-order valence-corrected chi connectivity index (χ0v) is 7.93. The molecule has 86 valence electrons. The van der Waals surface area contributed by atoms with E-state index in [1.165, 1.54) is 0 Å². The molecule has 0 aromatic carbocycles. The summed E-state index contributed by atoms with van der Waals surface area (Å²) < 4.78 is 53.2. The fraction of sp³-hybridized carbons (Fsp3) is 0.889. The summed E-state index contributed by atoms with van der Waals surface area (Å²) >= 11 is 0. The van der Waals surface area contributed by atoms with Crippen LogP contribution < -0.4 is 0 Å². The summed E-state index contributed by atoms with van der Waals surface area (Å²) in [5.41, 5.74) is 0. The SMILES string of the molecule is N#CC1CCCC1OCC(F)(F)C(F)F. The van der Waals surface area contributed by atoms with Crippen LogP contribution in [0.25, 0.3) is 0 Å². The summed E-state index contributed by atoms with van der Waals surface area (Å²) in [6.07, 6.45) is -2.57. The second-order valence-electron chi connectivity index (χ2n) is 3.58. The lowest BCUT2D eigenvalue weighted by atomic mass is 10.1. The Morgan fingerprint density at radius 1 is 1.40 bits per heavy atom. The molecule has 0 aromatic heterocycles. The summed E-state index contributed by atoms with van der Waals surface area (Å²) in [5.74, 6) is -4.57. The van der Waals surface area contributed by atoms with Crippen LogP contribution in [-0.4, -0.2) is 25.1 Å². The van der Waals surface area contributed by atoms with Gasteiger partial charge in [-0.25, -0.2) is 8.78 Å². The molecule has 1 aliphatic rings. The van der Waals surface area contributed by atoms with Gasteiger partial charge in [-0.15, -0.1) is 0 Å². The zero-order chi connectivity index (χ0) is 11.5. The third-order valence-electron chi connectivity index (χ3n) is 2.43. The molecule has 0 aromatic rings. The normalized spacial score (nSPS) is 26.9. The summed E-state index contributed by atoms with van der Waals surface area (Å²) in [6.45, 7) is -1.31. The van der Waals surface area contributed by atoms with E-state index in [0.717, 1.165) is 0 Å². The summed E-state index contributed by atoms with van der Waals surface area (Å²) in [4.78, 5) is 0. The van der Waals surface area contributed by atoms with Gasteiger partial charge >= 0.3 is 12.3 Å². The molecule has 1 rings (SSSR count). The Balaban J connectivity index is 2.40. The van der Waals surface area contributed by atoms with Crippen LogP contribution >= 0.6 is 0 Å². The fourth-order valence-electron chi connectivity index (χ4n) is 1.55. The van der Waals surface area contributed by atoms with Crippen molar-refractivity contribution in [1.82, 2.24) is 0 Å². The first kappa shape index (κ1) is 12.2. The Labute approximate surface area is 84.8 Å². The molecule has 2 atom stereocenters. The van der Waals surface area contributed by atoms with Crippen molar-refractivity contribution < 1.29 is 22.3 Å². The van der Waals surface area contributed by atoms with Gasteiger partial charge in [0.15, 0.2) is 0 Å². The molecule has 0 saturated heterocycles. The molecular weight excluding hydrogens is 214 g/mol. The van der Waals surface area contributed by atoms with Crippen LogP contribution in [0.3, 0.4) is 0 Å². The number of hydrogen-bond donors (Lipinski definition) is 0. The van der Waals surface area contributed by atoms with Gasteiger partial charge in [-0.3, -0.25) is 0 Å². The van der Waals surface area contributed by atoms with Gasteiger partial charge in [0.25, 0.3) is 0 Å². The first-order valence-corrected chi connectivity index (χ1v) is 4.64. The third-order valence-corrected chi connectivity index (χ3v) is 2.43. The van der Waals surface area contributed by atoms with Crippen molar-refractivity contribution in [3.63, 3.8) is 0 Å². The van der Waals surface area contributed by atoms with E-state index in [1.54, 1.807) is 0 Å². The van der Waals surface area contributed by atoms with Gasteiger partial charge in [0.05, 0.1) is 18.1 Å². The minimum atomic E-state index is -4.12. The number of halogens is 4. The predicted molar refractivity (Wildman–Crippen MR) is 43.6 cm³/mol. The van der Waals surface area contributed by atoms with Crippen LogP contribution in [0.1, 0.15) is 19.3 Å². The number of hydrogen-bond acceptors (Lipinski definition) is 2.